The Morgan fingerprint density at radius 2 is 1.95 bits per heavy atom. The molecule has 0 bridgehead atoms. The molecule has 0 aliphatic rings. The van der Waals surface area contributed by atoms with Crippen LogP contribution in [0.15, 0.2) is 45.7 Å². The van der Waals surface area contributed by atoms with E-state index in [1.54, 1.807) is 31.3 Å². The molecule has 2 aromatic carbocycles. The third kappa shape index (κ3) is 2.27. The molecule has 0 unspecified atom stereocenters. The average molecular weight is 347 g/mol. The van der Waals surface area contributed by atoms with Crippen LogP contribution in [0.25, 0.3) is 22.3 Å². The van der Waals surface area contributed by atoms with Crippen LogP contribution in [0.4, 0.5) is 4.39 Å². The van der Waals surface area contributed by atoms with Gasteiger partial charge < -0.3 is 0 Å². The Labute approximate surface area is 129 Å². The van der Waals surface area contributed by atoms with E-state index in [2.05, 4.69) is 20.9 Å². The summed E-state index contributed by atoms with van der Waals surface area (Å²) in [6.07, 6.45) is 0. The van der Waals surface area contributed by atoms with Crippen LogP contribution in [0, 0.1) is 12.7 Å². The smallest absolute Gasteiger partial charge is 0.261 e. The van der Waals surface area contributed by atoms with Crippen molar-refractivity contribution < 1.29 is 4.39 Å². The van der Waals surface area contributed by atoms with Gasteiger partial charge in [0.1, 0.15) is 11.6 Å². The zero-order valence-electron chi connectivity index (χ0n) is 11.5. The van der Waals surface area contributed by atoms with Crippen LogP contribution in [-0.4, -0.2) is 9.55 Å². The fraction of sp³-hybridized carbons (Fsp3) is 0.125. The molecule has 0 N–H and O–H groups in total. The summed E-state index contributed by atoms with van der Waals surface area (Å²) in [5.41, 5.74) is 1.63. The van der Waals surface area contributed by atoms with Gasteiger partial charge in [-0.1, -0.05) is 12.1 Å². The van der Waals surface area contributed by atoms with E-state index in [1.807, 2.05) is 13.0 Å². The van der Waals surface area contributed by atoms with E-state index in [4.69, 9.17) is 0 Å². The van der Waals surface area contributed by atoms with E-state index in [0.717, 1.165) is 10.0 Å². The Morgan fingerprint density at radius 1 is 1.24 bits per heavy atom. The third-order valence-corrected chi connectivity index (χ3v) is 4.00. The zero-order chi connectivity index (χ0) is 15.1. The first-order valence-corrected chi connectivity index (χ1v) is 7.20. The summed E-state index contributed by atoms with van der Waals surface area (Å²) in [4.78, 5) is 17.0. The van der Waals surface area contributed by atoms with Gasteiger partial charge in [-0.3, -0.25) is 9.36 Å². The molecular weight excluding hydrogens is 335 g/mol. The lowest BCUT2D eigenvalue weighted by molar-refractivity contribution is 0.628. The molecule has 0 aliphatic carbocycles. The third-order valence-electron chi connectivity index (χ3n) is 3.39. The molecule has 0 saturated heterocycles. The topological polar surface area (TPSA) is 34.9 Å². The molecule has 0 radical (unpaired) electrons. The molecule has 3 aromatic rings. The Bertz CT molecular complexity index is 918. The van der Waals surface area contributed by atoms with Gasteiger partial charge in [0.25, 0.3) is 5.56 Å². The Kier molecular flexibility index (Phi) is 3.37. The molecule has 1 heterocycles. The van der Waals surface area contributed by atoms with Gasteiger partial charge >= 0.3 is 0 Å². The van der Waals surface area contributed by atoms with Gasteiger partial charge in [0.2, 0.25) is 0 Å². The highest BCUT2D eigenvalue weighted by atomic mass is 79.9. The minimum atomic E-state index is -0.400. The normalized spacial score (nSPS) is 11.0. The highest BCUT2D eigenvalue weighted by Gasteiger charge is 2.15. The zero-order valence-corrected chi connectivity index (χ0v) is 13.1. The van der Waals surface area contributed by atoms with E-state index < -0.39 is 5.82 Å². The van der Waals surface area contributed by atoms with Crippen molar-refractivity contribution in [1.29, 1.82) is 0 Å². The van der Waals surface area contributed by atoms with Crippen molar-refractivity contribution in [3.8, 4) is 11.4 Å². The van der Waals surface area contributed by atoms with Crippen LogP contribution in [0.3, 0.4) is 0 Å². The highest BCUT2D eigenvalue weighted by molar-refractivity contribution is 9.10. The van der Waals surface area contributed by atoms with E-state index in [9.17, 15) is 9.18 Å². The molecule has 106 valence electrons. The molecular formula is C16H12BrFN2O. The summed E-state index contributed by atoms with van der Waals surface area (Å²) in [5.74, 6) is -0.0854. The van der Waals surface area contributed by atoms with Gasteiger partial charge in [-0.25, -0.2) is 9.37 Å². The molecule has 3 nitrogen and oxygen atoms in total. The Balaban J connectivity index is 2.44. The van der Waals surface area contributed by atoms with Gasteiger partial charge in [-0.15, -0.1) is 0 Å². The number of aromatic nitrogens is 2. The quantitative estimate of drug-likeness (QED) is 0.671. The number of nitrogens with zero attached hydrogens (tertiary/aromatic N) is 2. The second-order valence-electron chi connectivity index (χ2n) is 4.92. The van der Waals surface area contributed by atoms with Crippen molar-refractivity contribution in [3.63, 3.8) is 0 Å². The van der Waals surface area contributed by atoms with E-state index >= 15 is 0 Å². The molecule has 21 heavy (non-hydrogen) atoms. The molecule has 0 saturated carbocycles. The fourth-order valence-corrected chi connectivity index (χ4v) is 3.02. The summed E-state index contributed by atoms with van der Waals surface area (Å²) in [7, 11) is 1.60. The highest BCUT2D eigenvalue weighted by Crippen LogP contribution is 2.26. The van der Waals surface area contributed by atoms with Crippen molar-refractivity contribution in [2.45, 2.75) is 6.92 Å². The van der Waals surface area contributed by atoms with Gasteiger partial charge in [0.05, 0.1) is 16.5 Å². The first-order valence-electron chi connectivity index (χ1n) is 6.41. The number of aryl methyl sites for hydroxylation is 1. The summed E-state index contributed by atoms with van der Waals surface area (Å²) in [6, 6.07) is 9.98. The molecule has 3 rings (SSSR count). The number of benzene rings is 2. The van der Waals surface area contributed by atoms with Gasteiger partial charge in [0, 0.05) is 11.5 Å². The number of hydrogen-bond acceptors (Lipinski definition) is 2. The molecule has 1 aromatic heterocycles. The fourth-order valence-electron chi connectivity index (χ4n) is 2.35. The summed E-state index contributed by atoms with van der Waals surface area (Å²) < 4.78 is 16.1. The minimum Gasteiger partial charge on any atom is -0.295 e. The van der Waals surface area contributed by atoms with E-state index in [0.29, 0.717) is 22.3 Å². The van der Waals surface area contributed by atoms with Crippen molar-refractivity contribution in [2.24, 2.45) is 7.05 Å². The number of hydrogen-bond donors (Lipinski definition) is 0. The summed E-state index contributed by atoms with van der Waals surface area (Å²) >= 11 is 3.43. The van der Waals surface area contributed by atoms with Crippen molar-refractivity contribution in [1.82, 2.24) is 9.55 Å². The molecule has 0 fully saturated rings. The van der Waals surface area contributed by atoms with Crippen LogP contribution in [0.2, 0.25) is 0 Å². The number of halogens is 2. The maximum absolute atomic E-state index is 14.0. The Hall–Kier alpha value is -2.01. The molecule has 0 amide bonds. The largest absolute Gasteiger partial charge is 0.295 e. The number of rotatable bonds is 1. The van der Waals surface area contributed by atoms with Crippen molar-refractivity contribution in [3.05, 3.63) is 62.6 Å². The second-order valence-corrected chi connectivity index (χ2v) is 5.78. The number of fused-ring (bicyclic) bond motifs is 1. The van der Waals surface area contributed by atoms with Gasteiger partial charge in [-0.05, 0) is 52.7 Å². The first kappa shape index (κ1) is 13.9. The second kappa shape index (κ2) is 5.07. The van der Waals surface area contributed by atoms with Crippen LogP contribution in [0.1, 0.15) is 5.56 Å². The molecule has 0 aliphatic heterocycles. The average Bonchev–Trinajstić information content (AvgIpc) is 2.44. The van der Waals surface area contributed by atoms with Crippen LogP contribution in [-0.2, 0) is 7.05 Å². The summed E-state index contributed by atoms with van der Waals surface area (Å²) in [5, 5.41) is 0.518. The molecule has 0 atom stereocenters. The van der Waals surface area contributed by atoms with Crippen LogP contribution in [0.5, 0.6) is 0 Å². The monoisotopic (exact) mass is 346 g/mol. The lowest BCUT2D eigenvalue weighted by Gasteiger charge is -2.11. The summed E-state index contributed by atoms with van der Waals surface area (Å²) in [6.45, 7) is 1.91. The Morgan fingerprint density at radius 3 is 2.67 bits per heavy atom. The van der Waals surface area contributed by atoms with E-state index in [1.165, 1.54) is 10.6 Å². The van der Waals surface area contributed by atoms with Gasteiger partial charge in [0.15, 0.2) is 0 Å². The maximum Gasteiger partial charge on any atom is 0.261 e. The lowest BCUT2D eigenvalue weighted by Crippen LogP contribution is -2.20. The maximum atomic E-state index is 14.0. The van der Waals surface area contributed by atoms with E-state index in [-0.39, 0.29) is 5.56 Å². The predicted molar refractivity (Wildman–Crippen MR) is 84.8 cm³/mol. The molecule has 5 heteroatoms. The molecule has 0 spiro atoms. The standard InChI is InChI=1S/C16H12BrFN2O/c1-9-7-11-14(12(17)8-9)19-15(20(2)16(11)21)10-5-3-4-6-13(10)18/h3-8H,1-2H3. The van der Waals surface area contributed by atoms with Crippen molar-refractivity contribution >= 4 is 26.8 Å². The van der Waals surface area contributed by atoms with Crippen LogP contribution >= 0.6 is 15.9 Å². The van der Waals surface area contributed by atoms with Crippen molar-refractivity contribution in [2.75, 3.05) is 0 Å². The SMILES string of the molecule is Cc1cc(Br)c2nc(-c3ccccc3F)n(C)c(=O)c2c1. The van der Waals surface area contributed by atoms with Crippen LogP contribution < -0.4 is 5.56 Å². The minimum absolute atomic E-state index is 0.192. The first-order chi connectivity index (χ1) is 9.99. The predicted octanol–water partition coefficient (Wildman–Crippen LogP) is 3.81. The lowest BCUT2D eigenvalue weighted by atomic mass is 10.1. The van der Waals surface area contributed by atoms with Gasteiger partial charge in [-0.2, -0.15) is 0 Å².